The molecule has 2 unspecified atom stereocenters. The first kappa shape index (κ1) is 26.8. The molecule has 11 heteroatoms. The van der Waals surface area contributed by atoms with E-state index in [9.17, 15) is 18.9 Å². The Labute approximate surface area is 181 Å². The molecule has 31 heavy (non-hydrogen) atoms. The van der Waals surface area contributed by atoms with E-state index < -0.39 is 31.8 Å². The fourth-order valence-electron chi connectivity index (χ4n) is 2.90. The number of aliphatic carboxylic acids is 1. The van der Waals surface area contributed by atoms with Gasteiger partial charge in [0.25, 0.3) is 0 Å². The maximum atomic E-state index is 11.9. The Kier molecular flexibility index (Phi) is 12.0. The van der Waals surface area contributed by atoms with Crippen molar-refractivity contribution in [3.8, 4) is 0 Å². The second-order valence-corrected chi connectivity index (χ2v) is 8.38. The van der Waals surface area contributed by atoms with E-state index in [0.29, 0.717) is 32.2 Å². The van der Waals surface area contributed by atoms with E-state index in [-0.39, 0.29) is 12.3 Å². The van der Waals surface area contributed by atoms with Crippen molar-refractivity contribution < 1.29 is 38.4 Å². The van der Waals surface area contributed by atoms with Crippen LogP contribution in [0.25, 0.3) is 0 Å². The van der Waals surface area contributed by atoms with Crippen molar-refractivity contribution in [1.82, 2.24) is 10.6 Å². The summed E-state index contributed by atoms with van der Waals surface area (Å²) in [5.41, 5.74) is 1.20. The molecule has 1 aromatic carbocycles. The number of amides is 2. The van der Waals surface area contributed by atoms with Crippen LogP contribution < -0.4 is 10.6 Å². The number of rotatable bonds is 15. The van der Waals surface area contributed by atoms with Gasteiger partial charge in [-0.2, -0.15) is 0 Å². The number of hydrogen-bond acceptors (Lipinski definition) is 5. The molecule has 0 aliphatic carbocycles. The van der Waals surface area contributed by atoms with Crippen LogP contribution in [0.2, 0.25) is 0 Å². The third-order valence-electron chi connectivity index (χ3n) is 4.47. The first-order chi connectivity index (χ1) is 14.6. The Hall–Kier alpha value is -2.26. The van der Waals surface area contributed by atoms with Crippen LogP contribution in [0.15, 0.2) is 30.3 Å². The molecule has 0 fully saturated rings. The summed E-state index contributed by atoms with van der Waals surface area (Å²) in [4.78, 5) is 52.5. The molecule has 0 radical (unpaired) electrons. The maximum absolute atomic E-state index is 11.9. The van der Waals surface area contributed by atoms with E-state index in [2.05, 4.69) is 15.2 Å². The standard InChI is InChI=1S/C20H31N2O8P/c1-15(30-31(27,28)29)19(20(25)26)22-18(24)12-6-3-7-14-21-17(23)13-8-11-16-9-4-2-5-10-16/h2,4-5,9-10,15,19H,3,6-8,11-14H2,1H3,(H,21,23)(H,22,24)(H,25,26)(H2,27,28,29). The molecule has 2 atom stereocenters. The average Bonchev–Trinajstić information content (AvgIpc) is 2.68. The number of nitrogens with one attached hydrogen (secondary N) is 2. The number of unbranched alkanes of at least 4 members (excludes halogenated alkanes) is 2. The van der Waals surface area contributed by atoms with Crippen LogP contribution in [0.4, 0.5) is 0 Å². The van der Waals surface area contributed by atoms with Crippen LogP contribution in [-0.2, 0) is 29.9 Å². The second kappa shape index (κ2) is 13.9. The lowest BCUT2D eigenvalue weighted by Gasteiger charge is -2.21. The molecule has 1 rings (SSSR count). The lowest BCUT2D eigenvalue weighted by Crippen LogP contribution is -2.48. The monoisotopic (exact) mass is 458 g/mol. The summed E-state index contributed by atoms with van der Waals surface area (Å²) in [7, 11) is -4.87. The van der Waals surface area contributed by atoms with Crippen LogP contribution in [0.1, 0.15) is 51.0 Å². The summed E-state index contributed by atoms with van der Waals surface area (Å²) in [5, 5.41) is 14.2. The molecule has 0 heterocycles. The molecule has 5 N–H and O–H groups in total. The van der Waals surface area contributed by atoms with Gasteiger partial charge in [0.15, 0.2) is 6.04 Å². The Morgan fingerprint density at radius 1 is 1.00 bits per heavy atom. The van der Waals surface area contributed by atoms with Crippen molar-refractivity contribution in [2.24, 2.45) is 0 Å². The molecular weight excluding hydrogens is 427 g/mol. The molecule has 0 aliphatic heterocycles. The number of phosphoric acid groups is 1. The van der Waals surface area contributed by atoms with Crippen LogP contribution in [0, 0.1) is 0 Å². The molecule has 0 aromatic heterocycles. The second-order valence-electron chi connectivity index (χ2n) is 7.18. The van der Waals surface area contributed by atoms with Gasteiger partial charge < -0.3 is 25.5 Å². The molecule has 0 bridgehead atoms. The highest BCUT2D eigenvalue weighted by atomic mass is 31.2. The average molecular weight is 458 g/mol. The Morgan fingerprint density at radius 3 is 2.26 bits per heavy atom. The van der Waals surface area contributed by atoms with Crippen LogP contribution in [0.3, 0.4) is 0 Å². The van der Waals surface area contributed by atoms with Gasteiger partial charge in [0, 0.05) is 19.4 Å². The van der Waals surface area contributed by atoms with Crippen LogP contribution in [-0.4, -0.2) is 51.4 Å². The minimum atomic E-state index is -4.87. The number of aryl methyl sites for hydroxylation is 1. The Morgan fingerprint density at radius 2 is 1.65 bits per heavy atom. The molecule has 0 saturated carbocycles. The third kappa shape index (κ3) is 12.9. The predicted octanol–water partition coefficient (Wildman–Crippen LogP) is 1.75. The first-order valence-electron chi connectivity index (χ1n) is 10.1. The smallest absolute Gasteiger partial charge is 0.469 e. The van der Waals surface area contributed by atoms with E-state index in [1.165, 1.54) is 5.56 Å². The van der Waals surface area contributed by atoms with Crippen molar-refractivity contribution in [2.45, 2.75) is 64.0 Å². The Bertz CT molecular complexity index is 753. The molecule has 0 aliphatic rings. The highest BCUT2D eigenvalue weighted by Crippen LogP contribution is 2.38. The van der Waals surface area contributed by atoms with Crippen molar-refractivity contribution in [2.75, 3.05) is 6.54 Å². The number of carbonyl (C=O) groups excluding carboxylic acids is 2. The fourth-order valence-corrected chi connectivity index (χ4v) is 3.46. The third-order valence-corrected chi connectivity index (χ3v) is 5.08. The van der Waals surface area contributed by atoms with Gasteiger partial charge in [0.1, 0.15) is 0 Å². The van der Waals surface area contributed by atoms with Crippen molar-refractivity contribution in [1.29, 1.82) is 0 Å². The molecule has 1 aromatic rings. The minimum Gasteiger partial charge on any atom is -0.480 e. The van der Waals surface area contributed by atoms with E-state index >= 15 is 0 Å². The van der Waals surface area contributed by atoms with E-state index in [0.717, 1.165) is 19.8 Å². The lowest BCUT2D eigenvalue weighted by atomic mass is 10.1. The molecule has 10 nitrogen and oxygen atoms in total. The molecule has 0 saturated heterocycles. The zero-order valence-electron chi connectivity index (χ0n) is 17.5. The van der Waals surface area contributed by atoms with Crippen LogP contribution >= 0.6 is 7.82 Å². The number of carbonyl (C=O) groups is 3. The van der Waals surface area contributed by atoms with Gasteiger partial charge in [-0.15, -0.1) is 0 Å². The van der Waals surface area contributed by atoms with Crippen LogP contribution in [0.5, 0.6) is 0 Å². The summed E-state index contributed by atoms with van der Waals surface area (Å²) in [5.74, 6) is -2.03. The number of carboxylic acid groups (broad SMARTS) is 1. The fraction of sp³-hybridized carbons (Fsp3) is 0.550. The normalized spacial score (nSPS) is 13.3. The zero-order chi connectivity index (χ0) is 23.3. The van der Waals surface area contributed by atoms with Gasteiger partial charge in [-0.25, -0.2) is 9.36 Å². The van der Waals surface area contributed by atoms with Crippen molar-refractivity contribution in [3.05, 3.63) is 35.9 Å². The quantitative estimate of drug-likeness (QED) is 0.196. The molecule has 174 valence electrons. The molecular formula is C20H31N2O8P. The van der Waals surface area contributed by atoms with Gasteiger partial charge in [0.05, 0.1) is 6.10 Å². The van der Waals surface area contributed by atoms with E-state index in [1.54, 1.807) is 0 Å². The zero-order valence-corrected chi connectivity index (χ0v) is 18.4. The predicted molar refractivity (Wildman–Crippen MR) is 113 cm³/mol. The topological polar surface area (TPSA) is 162 Å². The summed E-state index contributed by atoms with van der Waals surface area (Å²) in [6, 6.07) is 8.36. The maximum Gasteiger partial charge on any atom is 0.469 e. The van der Waals surface area contributed by atoms with E-state index in [1.807, 2.05) is 30.3 Å². The largest absolute Gasteiger partial charge is 0.480 e. The van der Waals surface area contributed by atoms with E-state index in [4.69, 9.17) is 14.9 Å². The van der Waals surface area contributed by atoms with Gasteiger partial charge in [-0.1, -0.05) is 36.8 Å². The number of hydrogen-bond donors (Lipinski definition) is 5. The molecule has 2 amide bonds. The SMILES string of the molecule is CC(OP(=O)(O)O)C(NC(=O)CCCCCNC(=O)CCCc1ccccc1)C(=O)O. The van der Waals surface area contributed by atoms with Crippen molar-refractivity contribution in [3.63, 3.8) is 0 Å². The van der Waals surface area contributed by atoms with Gasteiger partial charge in [-0.3, -0.25) is 14.1 Å². The highest BCUT2D eigenvalue weighted by molar-refractivity contribution is 7.46. The number of carboxylic acids is 1. The van der Waals surface area contributed by atoms with Crippen molar-refractivity contribution >= 4 is 25.6 Å². The summed E-state index contributed by atoms with van der Waals surface area (Å²) in [6.07, 6.45) is 2.53. The lowest BCUT2D eigenvalue weighted by molar-refractivity contribution is -0.144. The first-order valence-corrected chi connectivity index (χ1v) is 11.7. The molecule has 0 spiro atoms. The summed E-state index contributed by atoms with van der Waals surface area (Å²) in [6.45, 7) is 1.65. The summed E-state index contributed by atoms with van der Waals surface area (Å²) < 4.78 is 15.2. The number of phosphoric ester groups is 1. The van der Waals surface area contributed by atoms with Gasteiger partial charge in [0.2, 0.25) is 11.8 Å². The minimum absolute atomic E-state index is 0.0167. The highest BCUT2D eigenvalue weighted by Gasteiger charge is 2.32. The number of benzene rings is 1. The van der Waals surface area contributed by atoms with Gasteiger partial charge in [-0.05, 0) is 38.2 Å². The Balaban J connectivity index is 2.15. The van der Waals surface area contributed by atoms with Gasteiger partial charge >= 0.3 is 13.8 Å². The summed E-state index contributed by atoms with van der Waals surface area (Å²) >= 11 is 0.